The quantitative estimate of drug-likeness (QED) is 0.369. The second-order valence-corrected chi connectivity index (χ2v) is 4.72. The average Bonchev–Trinajstić information content (AvgIpc) is 2.64. The van der Waals surface area contributed by atoms with Crippen molar-refractivity contribution in [3.05, 3.63) is 71.6 Å². The lowest BCUT2D eigenvalue weighted by molar-refractivity contribution is -0.124. The molecule has 24 heavy (non-hydrogen) atoms. The van der Waals surface area contributed by atoms with E-state index in [-0.39, 0.29) is 5.78 Å². The molecular formula is C18H16N2O4. The normalized spacial score (nSPS) is 10.9. The van der Waals surface area contributed by atoms with E-state index >= 15 is 0 Å². The first-order valence-corrected chi connectivity index (χ1v) is 7.07. The van der Waals surface area contributed by atoms with Crippen molar-refractivity contribution in [2.75, 3.05) is 7.11 Å². The van der Waals surface area contributed by atoms with Gasteiger partial charge in [-0.15, -0.1) is 0 Å². The van der Waals surface area contributed by atoms with Gasteiger partial charge in [0.05, 0.1) is 18.4 Å². The zero-order valence-corrected chi connectivity index (χ0v) is 13.0. The van der Waals surface area contributed by atoms with Gasteiger partial charge < -0.3 is 4.74 Å². The van der Waals surface area contributed by atoms with Crippen molar-refractivity contribution in [3.63, 3.8) is 0 Å². The number of hydroxylamine groups is 1. The molecule has 0 atom stereocenters. The van der Waals surface area contributed by atoms with Gasteiger partial charge in [-0.05, 0) is 42.0 Å². The van der Waals surface area contributed by atoms with Crippen LogP contribution < -0.4 is 10.2 Å². The fraction of sp³-hybridized carbons (Fsp3) is 0.0556. The summed E-state index contributed by atoms with van der Waals surface area (Å²) < 4.78 is 5.16. The standard InChI is InChI=1S/C18H16N2O4/c1-24-17-5-3-2-4-15(17)16(21)10-7-13-6-8-14(19-12-13)9-11-18(22)20-23/h2-12,23H,1H3,(H,20,22). The third-order valence-electron chi connectivity index (χ3n) is 3.12. The van der Waals surface area contributed by atoms with Gasteiger partial charge in [-0.25, -0.2) is 5.48 Å². The molecule has 6 nitrogen and oxygen atoms in total. The van der Waals surface area contributed by atoms with Crippen LogP contribution in [0.1, 0.15) is 21.6 Å². The number of rotatable bonds is 6. The minimum Gasteiger partial charge on any atom is -0.496 e. The number of ether oxygens (including phenoxy) is 1. The maximum absolute atomic E-state index is 12.2. The van der Waals surface area contributed by atoms with Crippen molar-refractivity contribution in [2.24, 2.45) is 0 Å². The number of nitrogens with one attached hydrogen (secondary N) is 1. The lowest BCUT2D eigenvalue weighted by atomic mass is 10.1. The fourth-order valence-corrected chi connectivity index (χ4v) is 1.92. The Morgan fingerprint density at radius 1 is 1.12 bits per heavy atom. The van der Waals surface area contributed by atoms with Crippen molar-refractivity contribution >= 4 is 23.8 Å². The van der Waals surface area contributed by atoms with Crippen LogP contribution in [0, 0.1) is 0 Å². The molecule has 0 fully saturated rings. The Balaban J connectivity index is 2.08. The van der Waals surface area contributed by atoms with Crippen molar-refractivity contribution in [3.8, 4) is 5.75 Å². The van der Waals surface area contributed by atoms with Crippen molar-refractivity contribution in [2.45, 2.75) is 0 Å². The second-order valence-electron chi connectivity index (χ2n) is 4.72. The Bertz CT molecular complexity index is 780. The van der Waals surface area contributed by atoms with E-state index in [0.29, 0.717) is 17.0 Å². The molecule has 0 saturated heterocycles. The van der Waals surface area contributed by atoms with Gasteiger partial charge in [-0.2, -0.15) is 0 Å². The molecule has 1 amide bonds. The highest BCUT2D eigenvalue weighted by atomic mass is 16.5. The zero-order chi connectivity index (χ0) is 17.4. The predicted octanol–water partition coefficient (Wildman–Crippen LogP) is 2.50. The van der Waals surface area contributed by atoms with Gasteiger partial charge in [-0.1, -0.05) is 18.2 Å². The number of nitrogens with zero attached hydrogens (tertiary/aromatic N) is 1. The third-order valence-corrected chi connectivity index (χ3v) is 3.12. The SMILES string of the molecule is COc1ccccc1C(=O)C=Cc1ccc(C=CC(=O)NO)nc1. The van der Waals surface area contributed by atoms with Crippen LogP contribution in [0.5, 0.6) is 5.75 Å². The van der Waals surface area contributed by atoms with E-state index in [1.165, 1.54) is 24.7 Å². The summed E-state index contributed by atoms with van der Waals surface area (Å²) in [5.41, 5.74) is 3.26. The zero-order valence-electron chi connectivity index (χ0n) is 13.0. The minimum atomic E-state index is -0.636. The first-order valence-electron chi connectivity index (χ1n) is 7.07. The van der Waals surface area contributed by atoms with E-state index in [1.807, 2.05) is 0 Å². The first-order chi connectivity index (χ1) is 11.6. The molecule has 0 aliphatic carbocycles. The molecule has 1 aromatic carbocycles. The fourth-order valence-electron chi connectivity index (χ4n) is 1.92. The number of hydrogen-bond acceptors (Lipinski definition) is 5. The van der Waals surface area contributed by atoms with Gasteiger partial charge in [0.2, 0.25) is 0 Å². The second kappa shape index (κ2) is 8.40. The number of amides is 1. The molecule has 2 rings (SSSR count). The largest absolute Gasteiger partial charge is 0.496 e. The summed E-state index contributed by atoms with van der Waals surface area (Å²) in [6.45, 7) is 0. The number of allylic oxidation sites excluding steroid dienone is 1. The summed E-state index contributed by atoms with van der Waals surface area (Å²) in [7, 11) is 1.52. The average molecular weight is 324 g/mol. The minimum absolute atomic E-state index is 0.170. The summed E-state index contributed by atoms with van der Waals surface area (Å²) in [5, 5.41) is 8.39. The van der Waals surface area contributed by atoms with E-state index in [4.69, 9.17) is 9.94 Å². The molecule has 0 unspecified atom stereocenters. The molecule has 0 bridgehead atoms. The summed E-state index contributed by atoms with van der Waals surface area (Å²) >= 11 is 0. The molecule has 0 aliphatic heterocycles. The Labute approximate surface area is 139 Å². The highest BCUT2D eigenvalue weighted by Crippen LogP contribution is 2.18. The monoisotopic (exact) mass is 324 g/mol. The molecule has 1 aromatic heterocycles. The van der Waals surface area contributed by atoms with Crippen LogP contribution >= 0.6 is 0 Å². The Morgan fingerprint density at radius 3 is 2.58 bits per heavy atom. The number of para-hydroxylation sites is 1. The number of carbonyl (C=O) groups excluding carboxylic acids is 2. The number of aromatic nitrogens is 1. The smallest absolute Gasteiger partial charge is 0.267 e. The van der Waals surface area contributed by atoms with E-state index in [1.54, 1.807) is 48.7 Å². The molecule has 0 spiro atoms. The maximum atomic E-state index is 12.2. The van der Waals surface area contributed by atoms with Gasteiger partial charge >= 0.3 is 0 Å². The van der Waals surface area contributed by atoms with Gasteiger partial charge in [-0.3, -0.25) is 19.8 Å². The molecule has 6 heteroatoms. The topological polar surface area (TPSA) is 88.5 Å². The van der Waals surface area contributed by atoms with Gasteiger partial charge in [0.15, 0.2) is 5.78 Å². The number of methoxy groups -OCH3 is 1. The van der Waals surface area contributed by atoms with Crippen molar-refractivity contribution in [1.82, 2.24) is 10.5 Å². The van der Waals surface area contributed by atoms with E-state index in [9.17, 15) is 9.59 Å². The summed E-state index contributed by atoms with van der Waals surface area (Å²) in [6, 6.07) is 10.4. The van der Waals surface area contributed by atoms with E-state index in [2.05, 4.69) is 4.98 Å². The molecule has 1 heterocycles. The summed E-state index contributed by atoms with van der Waals surface area (Å²) in [5.74, 6) is -0.285. The molecule has 0 saturated carbocycles. The summed E-state index contributed by atoms with van der Waals surface area (Å²) in [6.07, 6.45) is 7.28. The van der Waals surface area contributed by atoms with Gasteiger partial charge in [0, 0.05) is 12.3 Å². The Hall–Kier alpha value is -3.25. The Kier molecular flexibility index (Phi) is 5.99. The number of benzene rings is 1. The molecule has 2 aromatic rings. The van der Waals surface area contributed by atoms with Gasteiger partial charge in [0.1, 0.15) is 5.75 Å². The summed E-state index contributed by atoms with van der Waals surface area (Å²) in [4.78, 5) is 27.2. The maximum Gasteiger partial charge on any atom is 0.267 e. The molecule has 122 valence electrons. The molecular weight excluding hydrogens is 308 g/mol. The highest BCUT2D eigenvalue weighted by molar-refractivity contribution is 6.08. The Morgan fingerprint density at radius 2 is 1.92 bits per heavy atom. The van der Waals surface area contributed by atoms with Crippen molar-refractivity contribution in [1.29, 1.82) is 0 Å². The van der Waals surface area contributed by atoms with Crippen LogP contribution in [0.3, 0.4) is 0 Å². The van der Waals surface area contributed by atoms with Crippen LogP contribution in [0.2, 0.25) is 0 Å². The van der Waals surface area contributed by atoms with Gasteiger partial charge in [0.25, 0.3) is 5.91 Å². The third kappa shape index (κ3) is 4.62. The highest BCUT2D eigenvalue weighted by Gasteiger charge is 2.07. The predicted molar refractivity (Wildman–Crippen MR) is 89.6 cm³/mol. The van der Waals surface area contributed by atoms with E-state index in [0.717, 1.165) is 11.6 Å². The van der Waals surface area contributed by atoms with E-state index < -0.39 is 5.91 Å². The first kappa shape index (κ1) is 17.1. The lowest BCUT2D eigenvalue weighted by Gasteiger charge is -2.04. The lowest BCUT2D eigenvalue weighted by Crippen LogP contribution is -2.14. The van der Waals surface area contributed by atoms with Crippen LogP contribution in [0.15, 0.2) is 54.7 Å². The van der Waals surface area contributed by atoms with Crippen LogP contribution in [0.4, 0.5) is 0 Å². The number of carbonyl (C=O) groups is 2. The number of ketones is 1. The molecule has 0 radical (unpaired) electrons. The van der Waals surface area contributed by atoms with Crippen LogP contribution in [-0.2, 0) is 4.79 Å². The number of pyridine rings is 1. The molecule has 0 aliphatic rings. The molecule has 2 N–H and O–H groups in total. The van der Waals surface area contributed by atoms with Crippen LogP contribution in [0.25, 0.3) is 12.2 Å². The number of hydrogen-bond donors (Lipinski definition) is 2. The van der Waals surface area contributed by atoms with Crippen molar-refractivity contribution < 1.29 is 19.5 Å². The van der Waals surface area contributed by atoms with Crippen LogP contribution in [-0.4, -0.2) is 29.0 Å².